The maximum Gasteiger partial charge on any atom is 0.112 e. The molecule has 0 atom stereocenters. The molecule has 29 heavy (non-hydrogen) atoms. The third-order valence-corrected chi connectivity index (χ3v) is 5.32. The van der Waals surface area contributed by atoms with Crippen molar-refractivity contribution in [2.45, 2.75) is 60.3 Å². The maximum atomic E-state index is 5.28. The summed E-state index contributed by atoms with van der Waals surface area (Å²) in [6, 6.07) is 21.5. The molecule has 0 radical (unpaired) electrons. The van der Waals surface area contributed by atoms with Crippen LogP contribution in [-0.2, 0) is 0 Å². The first-order valence-corrected chi connectivity index (χ1v) is 10.6. The second-order valence-electron chi connectivity index (χ2n) is 9.46. The summed E-state index contributed by atoms with van der Waals surface area (Å²) in [6.07, 6.45) is 0. The van der Waals surface area contributed by atoms with Crippen LogP contribution in [0.5, 0.6) is 0 Å². The lowest BCUT2D eigenvalue weighted by molar-refractivity contribution is 0.589. The first-order valence-electron chi connectivity index (χ1n) is 10.6. The van der Waals surface area contributed by atoms with Crippen LogP contribution in [0.15, 0.2) is 65.7 Å². The Hall–Kier alpha value is -2.61. The minimum absolute atomic E-state index is 0.116. The van der Waals surface area contributed by atoms with Gasteiger partial charge in [0.1, 0.15) is 5.84 Å². The third kappa shape index (κ3) is 4.70. The molecular weight excluding hydrogens is 352 g/mol. The minimum atomic E-state index is -0.116. The van der Waals surface area contributed by atoms with Crippen LogP contribution in [-0.4, -0.2) is 5.84 Å². The van der Waals surface area contributed by atoms with E-state index < -0.39 is 0 Å². The molecule has 0 fully saturated rings. The first-order chi connectivity index (χ1) is 13.7. The highest BCUT2D eigenvalue weighted by Gasteiger charge is 2.22. The maximum absolute atomic E-state index is 5.28. The van der Waals surface area contributed by atoms with E-state index in [2.05, 4.69) is 114 Å². The van der Waals surface area contributed by atoms with Crippen LogP contribution in [0, 0.1) is 5.41 Å². The summed E-state index contributed by atoms with van der Waals surface area (Å²) in [5.74, 6) is 1.83. The van der Waals surface area contributed by atoms with Gasteiger partial charge < -0.3 is 5.32 Å². The molecule has 152 valence electrons. The average Bonchev–Trinajstić information content (AvgIpc) is 2.66. The molecule has 2 nitrogen and oxygen atoms in total. The summed E-state index contributed by atoms with van der Waals surface area (Å²) in [7, 11) is 0. The van der Waals surface area contributed by atoms with Crippen molar-refractivity contribution in [3.05, 3.63) is 71.8 Å². The lowest BCUT2D eigenvalue weighted by atomic mass is 9.91. The molecule has 0 aliphatic carbocycles. The summed E-state index contributed by atoms with van der Waals surface area (Å²) < 4.78 is 0. The predicted molar refractivity (Wildman–Crippen MR) is 129 cm³/mol. The van der Waals surface area contributed by atoms with Crippen LogP contribution in [0.3, 0.4) is 0 Å². The Labute approximate surface area is 176 Å². The zero-order chi connectivity index (χ0) is 21.2. The fourth-order valence-corrected chi connectivity index (χ4v) is 3.60. The zero-order valence-corrected chi connectivity index (χ0v) is 18.9. The Kier molecular flexibility index (Phi) is 6.12. The van der Waals surface area contributed by atoms with Gasteiger partial charge in [0.2, 0.25) is 0 Å². The van der Waals surface area contributed by atoms with Crippen molar-refractivity contribution in [1.82, 2.24) is 0 Å². The second kappa shape index (κ2) is 8.41. The van der Waals surface area contributed by atoms with Crippen molar-refractivity contribution in [3.63, 3.8) is 0 Å². The molecule has 0 aliphatic heterocycles. The summed E-state index contributed by atoms with van der Waals surface area (Å²) in [6.45, 7) is 15.6. The standard InChI is InChI=1S/C27H34N2/c1-18(2)21-15-11-16-22(19(3)4)25(21)29-26(27(5,6)7)28-24-17-10-13-20-12-8-9-14-23(20)24/h8-19H,1-7H3,(H,28,29). The third-order valence-electron chi connectivity index (χ3n) is 5.32. The van der Waals surface area contributed by atoms with Gasteiger partial charge in [-0.15, -0.1) is 0 Å². The smallest absolute Gasteiger partial charge is 0.112 e. The fraction of sp³-hybridized carbons (Fsp3) is 0.370. The molecule has 0 bridgehead atoms. The molecular formula is C27H34N2. The molecule has 0 saturated heterocycles. The highest BCUT2D eigenvalue weighted by atomic mass is 15.0. The number of fused-ring (bicyclic) bond motifs is 1. The summed E-state index contributed by atoms with van der Waals surface area (Å²) >= 11 is 0. The van der Waals surface area contributed by atoms with Gasteiger partial charge in [0, 0.05) is 16.5 Å². The summed E-state index contributed by atoms with van der Waals surface area (Å²) in [5.41, 5.74) is 4.71. The lowest BCUT2D eigenvalue weighted by Crippen LogP contribution is -2.28. The molecule has 0 amide bonds. The van der Waals surface area contributed by atoms with Crippen molar-refractivity contribution < 1.29 is 0 Å². The van der Waals surface area contributed by atoms with Crippen LogP contribution < -0.4 is 5.32 Å². The van der Waals surface area contributed by atoms with E-state index in [4.69, 9.17) is 4.99 Å². The summed E-state index contributed by atoms with van der Waals surface area (Å²) in [5, 5.41) is 6.14. The van der Waals surface area contributed by atoms with Crippen LogP contribution in [0.4, 0.5) is 11.4 Å². The molecule has 3 aromatic rings. The second-order valence-corrected chi connectivity index (χ2v) is 9.46. The number of benzene rings is 3. The van der Waals surface area contributed by atoms with Crippen molar-refractivity contribution in [2.24, 2.45) is 10.4 Å². The molecule has 3 aromatic carbocycles. The minimum Gasteiger partial charge on any atom is -0.343 e. The van der Waals surface area contributed by atoms with Gasteiger partial charge in [-0.2, -0.15) is 0 Å². The number of rotatable bonds is 4. The number of anilines is 1. The summed E-state index contributed by atoms with van der Waals surface area (Å²) in [4.78, 5) is 5.28. The van der Waals surface area contributed by atoms with Gasteiger partial charge in [-0.1, -0.05) is 103 Å². The largest absolute Gasteiger partial charge is 0.343 e. The molecule has 0 saturated carbocycles. The van der Waals surface area contributed by atoms with E-state index in [0.29, 0.717) is 11.8 Å². The van der Waals surface area contributed by atoms with E-state index in [-0.39, 0.29) is 5.41 Å². The van der Waals surface area contributed by atoms with Gasteiger partial charge in [-0.05, 0) is 34.4 Å². The number of hydrogen-bond donors (Lipinski definition) is 1. The molecule has 0 aromatic heterocycles. The van der Waals surface area contributed by atoms with E-state index >= 15 is 0 Å². The Morgan fingerprint density at radius 1 is 0.759 bits per heavy atom. The lowest BCUT2D eigenvalue weighted by Gasteiger charge is -2.26. The number of hydrogen-bond acceptors (Lipinski definition) is 1. The van der Waals surface area contributed by atoms with Crippen molar-refractivity contribution in [2.75, 3.05) is 5.32 Å². The molecule has 0 spiro atoms. The monoisotopic (exact) mass is 386 g/mol. The molecule has 1 N–H and O–H groups in total. The SMILES string of the molecule is CC(C)c1cccc(C(C)C)c1N=C(Nc1cccc2ccccc12)C(C)(C)C. The van der Waals surface area contributed by atoms with E-state index in [1.54, 1.807) is 0 Å². The Bertz CT molecular complexity index is 989. The van der Waals surface area contributed by atoms with E-state index in [1.165, 1.54) is 21.9 Å². The van der Waals surface area contributed by atoms with E-state index in [9.17, 15) is 0 Å². The van der Waals surface area contributed by atoms with Gasteiger partial charge in [0.25, 0.3) is 0 Å². The van der Waals surface area contributed by atoms with Gasteiger partial charge in [0.15, 0.2) is 0 Å². The number of nitrogens with zero attached hydrogens (tertiary/aromatic N) is 1. The quantitative estimate of drug-likeness (QED) is 0.354. The van der Waals surface area contributed by atoms with Crippen molar-refractivity contribution in [3.8, 4) is 0 Å². The highest BCUT2D eigenvalue weighted by Crippen LogP contribution is 2.36. The normalized spacial score (nSPS) is 12.8. The Morgan fingerprint density at radius 3 is 1.90 bits per heavy atom. The van der Waals surface area contributed by atoms with Gasteiger partial charge in [-0.3, -0.25) is 0 Å². The van der Waals surface area contributed by atoms with E-state index in [1.807, 2.05) is 0 Å². The van der Waals surface area contributed by atoms with Crippen LogP contribution in [0.25, 0.3) is 10.8 Å². The fourth-order valence-electron chi connectivity index (χ4n) is 3.60. The van der Waals surface area contributed by atoms with Crippen LogP contribution >= 0.6 is 0 Å². The number of para-hydroxylation sites is 1. The van der Waals surface area contributed by atoms with Gasteiger partial charge in [0.05, 0.1) is 5.69 Å². The van der Waals surface area contributed by atoms with E-state index in [0.717, 1.165) is 17.2 Å². The number of nitrogens with one attached hydrogen (secondary N) is 1. The van der Waals surface area contributed by atoms with Crippen LogP contribution in [0.1, 0.15) is 71.4 Å². The number of aliphatic imine (C=N–C) groups is 1. The average molecular weight is 387 g/mol. The van der Waals surface area contributed by atoms with Crippen LogP contribution in [0.2, 0.25) is 0 Å². The highest BCUT2D eigenvalue weighted by molar-refractivity contribution is 6.07. The Morgan fingerprint density at radius 2 is 1.31 bits per heavy atom. The molecule has 0 heterocycles. The molecule has 3 rings (SSSR count). The van der Waals surface area contributed by atoms with Gasteiger partial charge in [-0.25, -0.2) is 4.99 Å². The predicted octanol–water partition coefficient (Wildman–Crippen LogP) is 8.27. The Balaban J connectivity index is 2.17. The van der Waals surface area contributed by atoms with Crippen molar-refractivity contribution in [1.29, 1.82) is 0 Å². The topological polar surface area (TPSA) is 24.4 Å². The number of amidine groups is 1. The zero-order valence-electron chi connectivity index (χ0n) is 18.9. The van der Waals surface area contributed by atoms with Crippen molar-refractivity contribution >= 4 is 28.0 Å². The molecule has 0 aliphatic rings. The molecule has 0 unspecified atom stereocenters. The van der Waals surface area contributed by atoms with Gasteiger partial charge >= 0.3 is 0 Å². The molecule has 2 heteroatoms. The first kappa shape index (κ1) is 21.1.